The molecule has 0 radical (unpaired) electrons. The van der Waals surface area contributed by atoms with Crippen molar-refractivity contribution in [3.05, 3.63) is 35.8 Å². The van der Waals surface area contributed by atoms with Crippen LogP contribution in [0.25, 0.3) is 5.65 Å². The average molecular weight is 146 g/mol. The van der Waals surface area contributed by atoms with Crippen molar-refractivity contribution < 1.29 is 0 Å². The summed E-state index contributed by atoms with van der Waals surface area (Å²) in [4.78, 5) is 4.36. The molecule has 0 amide bonds. The molecule has 0 bridgehead atoms. The number of aromatic nitrogens is 2. The fourth-order valence-corrected chi connectivity index (χ4v) is 1.22. The van der Waals surface area contributed by atoms with E-state index < -0.39 is 0 Å². The summed E-state index contributed by atoms with van der Waals surface area (Å²) in [5, 5.41) is 0. The third-order valence-electron chi connectivity index (χ3n) is 1.73. The van der Waals surface area contributed by atoms with Crippen molar-refractivity contribution in [1.29, 1.82) is 0 Å². The minimum absolute atomic E-state index is 1.03. The fourth-order valence-electron chi connectivity index (χ4n) is 1.22. The van der Waals surface area contributed by atoms with Gasteiger partial charge >= 0.3 is 0 Å². The van der Waals surface area contributed by atoms with Gasteiger partial charge in [-0.25, -0.2) is 4.98 Å². The number of aryl methyl sites for hydroxylation is 2. The van der Waals surface area contributed by atoms with Gasteiger partial charge < -0.3 is 4.40 Å². The standard InChI is InChI=1S/C9H10N2/c1-7-5-9-10-8(2)3-4-11(9)6-7/h3-6H,1-2H3. The Labute approximate surface area is 65.5 Å². The van der Waals surface area contributed by atoms with Crippen molar-refractivity contribution in [2.75, 3.05) is 0 Å². The molecule has 2 nitrogen and oxygen atoms in total. The first kappa shape index (κ1) is 6.40. The predicted octanol–water partition coefficient (Wildman–Crippen LogP) is 1.95. The van der Waals surface area contributed by atoms with Crippen LogP contribution >= 0.6 is 0 Å². The first-order valence-electron chi connectivity index (χ1n) is 3.68. The number of hydrogen-bond donors (Lipinski definition) is 0. The third kappa shape index (κ3) is 1.00. The first-order valence-corrected chi connectivity index (χ1v) is 3.68. The van der Waals surface area contributed by atoms with Gasteiger partial charge in [0.25, 0.3) is 0 Å². The Kier molecular flexibility index (Phi) is 1.22. The second-order valence-electron chi connectivity index (χ2n) is 2.85. The largest absolute Gasteiger partial charge is 0.308 e. The molecule has 0 fully saturated rings. The van der Waals surface area contributed by atoms with Gasteiger partial charge in [0, 0.05) is 18.1 Å². The molecule has 0 aliphatic heterocycles. The molecule has 0 unspecified atom stereocenters. The van der Waals surface area contributed by atoms with Crippen LogP contribution in [-0.4, -0.2) is 9.38 Å². The molecule has 0 aliphatic rings. The van der Waals surface area contributed by atoms with Crippen molar-refractivity contribution in [3.63, 3.8) is 0 Å². The highest BCUT2D eigenvalue weighted by Gasteiger charge is 1.94. The van der Waals surface area contributed by atoms with Crippen LogP contribution in [0.1, 0.15) is 11.3 Å². The van der Waals surface area contributed by atoms with Crippen LogP contribution in [0.2, 0.25) is 0 Å². The molecule has 0 aliphatic carbocycles. The van der Waals surface area contributed by atoms with Crippen LogP contribution < -0.4 is 0 Å². The minimum Gasteiger partial charge on any atom is -0.308 e. The minimum atomic E-state index is 1.03. The van der Waals surface area contributed by atoms with E-state index in [1.54, 1.807) is 0 Å². The molecular weight excluding hydrogens is 136 g/mol. The van der Waals surface area contributed by atoms with Gasteiger partial charge in [-0.1, -0.05) is 0 Å². The van der Waals surface area contributed by atoms with Crippen molar-refractivity contribution in [2.45, 2.75) is 13.8 Å². The van der Waals surface area contributed by atoms with Crippen molar-refractivity contribution >= 4 is 5.65 Å². The van der Waals surface area contributed by atoms with Gasteiger partial charge in [0.2, 0.25) is 0 Å². The van der Waals surface area contributed by atoms with Gasteiger partial charge in [-0.05, 0) is 31.5 Å². The molecule has 2 heteroatoms. The van der Waals surface area contributed by atoms with E-state index in [2.05, 4.69) is 24.2 Å². The summed E-state index contributed by atoms with van der Waals surface area (Å²) in [5.74, 6) is 0. The zero-order chi connectivity index (χ0) is 7.84. The van der Waals surface area contributed by atoms with E-state index in [4.69, 9.17) is 0 Å². The van der Waals surface area contributed by atoms with Crippen LogP contribution in [-0.2, 0) is 0 Å². The van der Waals surface area contributed by atoms with E-state index in [9.17, 15) is 0 Å². The normalized spacial score (nSPS) is 10.7. The molecule has 56 valence electrons. The number of rotatable bonds is 0. The Hall–Kier alpha value is -1.31. The quantitative estimate of drug-likeness (QED) is 0.555. The Balaban J connectivity index is 2.82. The highest BCUT2D eigenvalue weighted by molar-refractivity contribution is 5.42. The Bertz CT molecular complexity index is 387. The lowest BCUT2D eigenvalue weighted by Crippen LogP contribution is -1.86. The Morgan fingerprint density at radius 3 is 3.00 bits per heavy atom. The molecule has 0 N–H and O–H groups in total. The van der Waals surface area contributed by atoms with Crippen LogP contribution in [0.3, 0.4) is 0 Å². The van der Waals surface area contributed by atoms with E-state index in [1.165, 1.54) is 5.56 Å². The van der Waals surface area contributed by atoms with Crippen molar-refractivity contribution in [1.82, 2.24) is 9.38 Å². The number of nitrogens with zero attached hydrogens (tertiary/aromatic N) is 2. The maximum atomic E-state index is 4.36. The summed E-state index contributed by atoms with van der Waals surface area (Å²) < 4.78 is 2.03. The molecule has 2 aromatic heterocycles. The van der Waals surface area contributed by atoms with E-state index in [0.717, 1.165) is 11.3 Å². The highest BCUT2D eigenvalue weighted by Crippen LogP contribution is 2.06. The van der Waals surface area contributed by atoms with Gasteiger partial charge in [0.05, 0.1) is 0 Å². The summed E-state index contributed by atoms with van der Waals surface area (Å²) in [7, 11) is 0. The van der Waals surface area contributed by atoms with E-state index in [-0.39, 0.29) is 0 Å². The summed E-state index contributed by atoms with van der Waals surface area (Å²) in [6.45, 7) is 4.08. The zero-order valence-corrected chi connectivity index (χ0v) is 6.70. The van der Waals surface area contributed by atoms with E-state index in [0.29, 0.717) is 0 Å². The van der Waals surface area contributed by atoms with Crippen LogP contribution in [0.4, 0.5) is 0 Å². The lowest BCUT2D eigenvalue weighted by Gasteiger charge is -1.93. The smallest absolute Gasteiger partial charge is 0.137 e. The maximum absolute atomic E-state index is 4.36. The van der Waals surface area contributed by atoms with Gasteiger partial charge in [-0.3, -0.25) is 0 Å². The zero-order valence-electron chi connectivity index (χ0n) is 6.70. The van der Waals surface area contributed by atoms with Crippen molar-refractivity contribution in [2.24, 2.45) is 0 Å². The molecule has 2 rings (SSSR count). The summed E-state index contributed by atoms with van der Waals surface area (Å²) in [5.41, 5.74) is 3.35. The first-order chi connectivity index (χ1) is 5.25. The Morgan fingerprint density at radius 1 is 1.36 bits per heavy atom. The average Bonchev–Trinajstić information content (AvgIpc) is 2.27. The summed E-state index contributed by atoms with van der Waals surface area (Å²) in [6, 6.07) is 4.08. The van der Waals surface area contributed by atoms with Gasteiger partial charge in [0.1, 0.15) is 5.65 Å². The van der Waals surface area contributed by atoms with Crippen LogP contribution in [0.5, 0.6) is 0 Å². The van der Waals surface area contributed by atoms with E-state index >= 15 is 0 Å². The topological polar surface area (TPSA) is 17.3 Å². The Morgan fingerprint density at radius 2 is 2.18 bits per heavy atom. The highest BCUT2D eigenvalue weighted by atomic mass is 15.0. The van der Waals surface area contributed by atoms with Gasteiger partial charge in [0.15, 0.2) is 0 Å². The van der Waals surface area contributed by atoms with E-state index in [1.807, 2.05) is 23.6 Å². The molecule has 0 aromatic carbocycles. The lowest BCUT2D eigenvalue weighted by molar-refractivity contribution is 1.09. The van der Waals surface area contributed by atoms with Gasteiger partial charge in [-0.2, -0.15) is 0 Å². The lowest BCUT2D eigenvalue weighted by atomic mass is 10.4. The molecule has 0 spiro atoms. The maximum Gasteiger partial charge on any atom is 0.137 e. The van der Waals surface area contributed by atoms with Crippen LogP contribution in [0, 0.1) is 13.8 Å². The summed E-state index contributed by atoms with van der Waals surface area (Å²) in [6.07, 6.45) is 4.10. The molecule has 0 atom stereocenters. The molecule has 11 heavy (non-hydrogen) atoms. The molecule has 0 saturated carbocycles. The number of fused-ring (bicyclic) bond motifs is 1. The van der Waals surface area contributed by atoms with Crippen LogP contribution in [0.15, 0.2) is 24.5 Å². The predicted molar refractivity (Wildman–Crippen MR) is 44.7 cm³/mol. The monoisotopic (exact) mass is 146 g/mol. The third-order valence-corrected chi connectivity index (χ3v) is 1.73. The molecule has 0 saturated heterocycles. The SMILES string of the molecule is Cc1cc2nc(C)ccn2c1. The molecule has 2 aromatic rings. The summed E-state index contributed by atoms with van der Waals surface area (Å²) >= 11 is 0. The van der Waals surface area contributed by atoms with Gasteiger partial charge in [-0.15, -0.1) is 0 Å². The fraction of sp³-hybridized carbons (Fsp3) is 0.222. The molecule has 2 heterocycles. The second-order valence-corrected chi connectivity index (χ2v) is 2.85. The number of hydrogen-bond acceptors (Lipinski definition) is 1. The van der Waals surface area contributed by atoms with Crippen molar-refractivity contribution in [3.8, 4) is 0 Å². The molecular formula is C9H10N2. The second kappa shape index (κ2) is 2.09.